The van der Waals surface area contributed by atoms with Crippen LogP contribution in [0.4, 0.5) is 22.1 Å². The predicted molar refractivity (Wildman–Crippen MR) is 202 cm³/mol. The van der Waals surface area contributed by atoms with Crippen molar-refractivity contribution in [2.24, 2.45) is 0 Å². The Hall–Kier alpha value is -4.49. The second-order valence-corrected chi connectivity index (χ2v) is 21.4. The van der Waals surface area contributed by atoms with Gasteiger partial charge in [-0.2, -0.15) is 10.5 Å². The first-order valence-corrected chi connectivity index (χ1v) is 20.5. The SMILES string of the molecule is CN1CCC(Oc2ccc(C#N)cc2Nc2nccc(-c3cc(C#N)c4c(c3)[C@@](C)(CO[Si](C)(C)C(C)(C)C)CN4C(=O)OC(C)(C)C)n2)CC1. The number of rotatable bonds is 8. The van der Waals surface area contributed by atoms with Gasteiger partial charge in [0.15, 0.2) is 8.32 Å². The van der Waals surface area contributed by atoms with E-state index in [0.717, 1.165) is 31.5 Å². The number of nitriles is 2. The average Bonchev–Trinajstić information content (AvgIpc) is 3.37. The van der Waals surface area contributed by atoms with Gasteiger partial charge in [-0.25, -0.2) is 14.8 Å². The quantitative estimate of drug-likeness (QED) is 0.228. The minimum atomic E-state index is -2.16. The van der Waals surface area contributed by atoms with E-state index in [4.69, 9.17) is 18.9 Å². The van der Waals surface area contributed by atoms with E-state index >= 15 is 0 Å². The van der Waals surface area contributed by atoms with Crippen LogP contribution in [0.15, 0.2) is 42.6 Å². The first-order valence-electron chi connectivity index (χ1n) is 17.6. The van der Waals surface area contributed by atoms with Gasteiger partial charge in [-0.1, -0.05) is 27.7 Å². The van der Waals surface area contributed by atoms with Gasteiger partial charge in [0.1, 0.15) is 23.5 Å². The van der Waals surface area contributed by atoms with Gasteiger partial charge in [0, 0.05) is 43.4 Å². The highest BCUT2D eigenvalue weighted by Gasteiger charge is 2.47. The molecule has 5 rings (SSSR count). The van der Waals surface area contributed by atoms with Crippen LogP contribution < -0.4 is 15.0 Å². The number of carbonyl (C=O) groups excluding carboxylic acids is 1. The zero-order valence-electron chi connectivity index (χ0n) is 31.7. The van der Waals surface area contributed by atoms with Crippen LogP contribution >= 0.6 is 0 Å². The molecule has 0 bridgehead atoms. The van der Waals surface area contributed by atoms with E-state index in [1.807, 2.05) is 32.9 Å². The number of ether oxygens (including phenoxy) is 2. The summed E-state index contributed by atoms with van der Waals surface area (Å²) >= 11 is 0. The van der Waals surface area contributed by atoms with E-state index in [-0.39, 0.29) is 11.1 Å². The van der Waals surface area contributed by atoms with Crippen LogP contribution in [0, 0.1) is 22.7 Å². The topological polar surface area (TPSA) is 137 Å². The summed E-state index contributed by atoms with van der Waals surface area (Å²) < 4.78 is 19.0. The maximum Gasteiger partial charge on any atom is 0.414 e. The molecule has 1 saturated heterocycles. The molecule has 270 valence electrons. The summed E-state index contributed by atoms with van der Waals surface area (Å²) in [4.78, 5) is 26.8. The van der Waals surface area contributed by atoms with Crippen molar-refractivity contribution in [2.75, 3.05) is 43.5 Å². The molecule has 3 heterocycles. The Kier molecular flexibility index (Phi) is 10.6. The average molecular weight is 710 g/mol. The number of carbonyl (C=O) groups is 1. The number of hydrogen-bond acceptors (Lipinski definition) is 10. The lowest BCUT2D eigenvalue weighted by Gasteiger charge is -2.39. The van der Waals surface area contributed by atoms with Gasteiger partial charge in [0.2, 0.25) is 5.95 Å². The summed E-state index contributed by atoms with van der Waals surface area (Å²) in [5.74, 6) is 0.941. The van der Waals surface area contributed by atoms with Crippen LogP contribution in [-0.2, 0) is 14.6 Å². The van der Waals surface area contributed by atoms with Crippen molar-refractivity contribution in [3.8, 4) is 29.1 Å². The fraction of sp³-hybridized carbons (Fsp3) is 0.513. The molecular weight excluding hydrogens is 659 g/mol. The molecule has 1 amide bonds. The maximum atomic E-state index is 13.6. The summed E-state index contributed by atoms with van der Waals surface area (Å²) in [5, 5.41) is 23.4. The molecule has 2 aliphatic heterocycles. The van der Waals surface area contributed by atoms with Gasteiger partial charge in [0.25, 0.3) is 0 Å². The highest BCUT2D eigenvalue weighted by atomic mass is 28.4. The molecule has 12 heteroatoms. The lowest BCUT2D eigenvalue weighted by Crippen LogP contribution is -2.46. The third-order valence-electron chi connectivity index (χ3n) is 10.1. The first-order chi connectivity index (χ1) is 23.8. The Bertz CT molecular complexity index is 1860. The Morgan fingerprint density at radius 3 is 2.39 bits per heavy atom. The second kappa shape index (κ2) is 14.3. The third-order valence-corrected chi connectivity index (χ3v) is 14.6. The number of hydrogen-bond donors (Lipinski definition) is 1. The number of amides is 1. The summed E-state index contributed by atoms with van der Waals surface area (Å²) in [6.45, 7) is 21.2. The molecule has 0 saturated carbocycles. The van der Waals surface area contributed by atoms with Gasteiger partial charge < -0.3 is 24.1 Å². The third kappa shape index (κ3) is 8.53. The van der Waals surface area contributed by atoms with E-state index in [9.17, 15) is 15.3 Å². The first kappa shape index (κ1) is 37.8. The lowest BCUT2D eigenvalue weighted by atomic mass is 9.83. The largest absolute Gasteiger partial charge is 0.488 e. The monoisotopic (exact) mass is 709 g/mol. The van der Waals surface area contributed by atoms with Crippen molar-refractivity contribution < 1.29 is 18.7 Å². The van der Waals surface area contributed by atoms with Crippen LogP contribution in [0.25, 0.3) is 11.3 Å². The van der Waals surface area contributed by atoms with Gasteiger partial charge in [0.05, 0.1) is 34.3 Å². The van der Waals surface area contributed by atoms with E-state index in [0.29, 0.717) is 58.6 Å². The van der Waals surface area contributed by atoms with Gasteiger partial charge in [-0.15, -0.1) is 0 Å². The molecule has 3 aromatic rings. The van der Waals surface area contributed by atoms with E-state index < -0.39 is 25.4 Å². The molecule has 51 heavy (non-hydrogen) atoms. The Morgan fingerprint density at radius 1 is 1.06 bits per heavy atom. The van der Waals surface area contributed by atoms with Gasteiger partial charge >= 0.3 is 6.09 Å². The number of fused-ring (bicyclic) bond motifs is 1. The molecule has 0 radical (unpaired) electrons. The zero-order valence-corrected chi connectivity index (χ0v) is 32.7. The van der Waals surface area contributed by atoms with Gasteiger partial charge in [-0.05, 0) is 101 Å². The molecular formula is C39H51N7O4Si. The van der Waals surface area contributed by atoms with Crippen LogP contribution in [0.2, 0.25) is 18.1 Å². The number of aromatic nitrogens is 2. The van der Waals surface area contributed by atoms with Crippen LogP contribution in [0.5, 0.6) is 5.75 Å². The number of nitrogens with zero attached hydrogens (tertiary/aromatic N) is 6. The zero-order chi connectivity index (χ0) is 37.4. The normalized spacial score (nSPS) is 18.5. The lowest BCUT2D eigenvalue weighted by molar-refractivity contribution is 0.0575. The summed E-state index contributed by atoms with van der Waals surface area (Å²) in [5.41, 5.74) is 2.73. The molecule has 1 N–H and O–H groups in total. The smallest absolute Gasteiger partial charge is 0.414 e. The Labute approximate surface area is 303 Å². The van der Waals surface area contributed by atoms with Gasteiger partial charge in [-0.3, -0.25) is 4.90 Å². The fourth-order valence-corrected chi connectivity index (χ4v) is 7.18. The standard InChI is InChI=1S/C39H51N7O4Si/c1-37(2,3)50-36(47)46-24-39(7,25-48-51(9,10)38(4,5)6)30-21-27(20-28(23-41)34(30)46)31-13-16-42-35(43-31)44-32-19-26(22-40)11-12-33(32)49-29-14-17-45(8)18-15-29/h11-13,16,19-21,29H,14-15,17-18,24-25H2,1-10H3,(H,42,43,44)/t39-/m1/s1. The van der Waals surface area contributed by atoms with E-state index in [1.54, 1.807) is 35.4 Å². The molecule has 0 aliphatic carbocycles. The molecule has 0 unspecified atom stereocenters. The van der Waals surface area contributed by atoms with Crippen LogP contribution in [-0.4, -0.2) is 74.3 Å². The summed E-state index contributed by atoms with van der Waals surface area (Å²) in [7, 11) is -0.0549. The number of anilines is 3. The van der Waals surface area contributed by atoms with Crippen LogP contribution in [0.3, 0.4) is 0 Å². The van der Waals surface area contributed by atoms with Crippen molar-refractivity contribution in [1.29, 1.82) is 10.5 Å². The van der Waals surface area contributed by atoms with Crippen molar-refractivity contribution in [1.82, 2.24) is 14.9 Å². The van der Waals surface area contributed by atoms with Crippen molar-refractivity contribution in [3.63, 3.8) is 0 Å². The van der Waals surface area contributed by atoms with E-state index in [1.165, 1.54) is 0 Å². The molecule has 1 atom stereocenters. The van der Waals surface area contributed by atoms with E-state index in [2.05, 4.69) is 75.2 Å². The highest BCUT2D eigenvalue weighted by molar-refractivity contribution is 6.74. The Morgan fingerprint density at radius 2 is 1.76 bits per heavy atom. The minimum absolute atomic E-state index is 0.00948. The number of likely N-dealkylation sites (tertiary alicyclic amines) is 1. The molecule has 11 nitrogen and oxygen atoms in total. The number of piperidine rings is 1. The highest BCUT2D eigenvalue weighted by Crippen LogP contribution is 2.47. The second-order valence-electron chi connectivity index (χ2n) is 16.5. The Balaban J connectivity index is 1.52. The number of nitrogens with one attached hydrogen (secondary N) is 1. The predicted octanol–water partition coefficient (Wildman–Crippen LogP) is 8.14. The maximum absolute atomic E-state index is 13.6. The fourth-order valence-electron chi connectivity index (χ4n) is 6.07. The molecule has 0 spiro atoms. The molecule has 1 aromatic heterocycles. The van der Waals surface area contributed by atoms with Crippen molar-refractivity contribution in [3.05, 3.63) is 59.3 Å². The molecule has 2 aromatic carbocycles. The molecule has 2 aliphatic rings. The number of benzene rings is 2. The minimum Gasteiger partial charge on any atom is -0.488 e. The van der Waals surface area contributed by atoms with Crippen molar-refractivity contribution in [2.45, 2.75) is 96.6 Å². The van der Waals surface area contributed by atoms with Crippen LogP contribution in [0.1, 0.15) is 78.0 Å². The summed E-state index contributed by atoms with van der Waals surface area (Å²) in [6, 6.07) is 15.4. The van der Waals surface area contributed by atoms with Crippen molar-refractivity contribution >= 4 is 31.7 Å². The molecule has 1 fully saturated rings. The summed E-state index contributed by atoms with van der Waals surface area (Å²) in [6.07, 6.45) is 3.03.